The first-order valence-corrected chi connectivity index (χ1v) is 7.82. The molecule has 1 N–H and O–H groups in total. The fourth-order valence-electron chi connectivity index (χ4n) is 2.86. The van der Waals surface area contributed by atoms with E-state index in [4.69, 9.17) is 4.74 Å². The maximum Gasteiger partial charge on any atom is 0.234 e. The van der Waals surface area contributed by atoms with Gasteiger partial charge in [0, 0.05) is 19.1 Å². The van der Waals surface area contributed by atoms with Crippen LogP contribution >= 0.6 is 0 Å². The van der Waals surface area contributed by atoms with Crippen molar-refractivity contribution < 1.29 is 9.53 Å². The van der Waals surface area contributed by atoms with Gasteiger partial charge in [0.25, 0.3) is 0 Å². The number of likely N-dealkylation sites (N-methyl/N-ethyl adjacent to an activating group) is 1. The first-order chi connectivity index (χ1) is 10.2. The van der Waals surface area contributed by atoms with Gasteiger partial charge in [0.1, 0.15) is 0 Å². The molecule has 4 nitrogen and oxygen atoms in total. The van der Waals surface area contributed by atoms with Crippen molar-refractivity contribution in [2.45, 2.75) is 25.9 Å². The summed E-state index contributed by atoms with van der Waals surface area (Å²) in [6.45, 7) is 5.01. The van der Waals surface area contributed by atoms with Crippen LogP contribution in [0.15, 0.2) is 30.3 Å². The molecule has 116 valence electrons. The molecule has 1 fully saturated rings. The van der Waals surface area contributed by atoms with Gasteiger partial charge < -0.3 is 10.1 Å². The van der Waals surface area contributed by atoms with Gasteiger partial charge in [0.15, 0.2) is 0 Å². The summed E-state index contributed by atoms with van der Waals surface area (Å²) in [5.41, 5.74) is 1.21. The quantitative estimate of drug-likeness (QED) is 0.837. The first kappa shape index (κ1) is 16.0. The SMILES string of the molecule is CCCN(C)CC(=O)NC[C@H]1CCO[C@@H]1c1ccccc1. The molecule has 0 unspecified atom stereocenters. The Morgan fingerprint density at radius 2 is 2.14 bits per heavy atom. The van der Waals surface area contributed by atoms with Gasteiger partial charge in [-0.25, -0.2) is 0 Å². The van der Waals surface area contributed by atoms with Gasteiger partial charge >= 0.3 is 0 Å². The Labute approximate surface area is 127 Å². The topological polar surface area (TPSA) is 41.6 Å². The zero-order chi connectivity index (χ0) is 15.1. The number of rotatable bonds is 7. The second-order valence-corrected chi connectivity index (χ2v) is 5.79. The summed E-state index contributed by atoms with van der Waals surface area (Å²) in [6, 6.07) is 10.3. The van der Waals surface area contributed by atoms with E-state index in [1.165, 1.54) is 5.56 Å². The van der Waals surface area contributed by atoms with Gasteiger partial charge in [0.2, 0.25) is 5.91 Å². The maximum atomic E-state index is 11.9. The van der Waals surface area contributed by atoms with Gasteiger partial charge in [-0.15, -0.1) is 0 Å². The summed E-state index contributed by atoms with van der Waals surface area (Å²) in [5.74, 6) is 0.470. The molecule has 4 heteroatoms. The van der Waals surface area contributed by atoms with Crippen LogP contribution in [0.1, 0.15) is 31.4 Å². The monoisotopic (exact) mass is 290 g/mol. The number of nitrogens with one attached hydrogen (secondary N) is 1. The van der Waals surface area contributed by atoms with E-state index in [0.29, 0.717) is 19.0 Å². The van der Waals surface area contributed by atoms with Crippen molar-refractivity contribution in [2.75, 3.05) is 33.3 Å². The van der Waals surface area contributed by atoms with Crippen LogP contribution < -0.4 is 5.32 Å². The van der Waals surface area contributed by atoms with Crippen LogP contribution in [0.25, 0.3) is 0 Å². The molecule has 1 amide bonds. The van der Waals surface area contributed by atoms with E-state index in [9.17, 15) is 4.79 Å². The molecule has 2 rings (SSSR count). The minimum Gasteiger partial charge on any atom is -0.373 e. The van der Waals surface area contributed by atoms with Crippen LogP contribution in [0.2, 0.25) is 0 Å². The summed E-state index contributed by atoms with van der Waals surface area (Å²) in [7, 11) is 1.98. The molecule has 0 saturated carbocycles. The summed E-state index contributed by atoms with van der Waals surface area (Å²) >= 11 is 0. The minimum atomic E-state index is 0.102. The standard InChI is InChI=1S/C17H26N2O2/c1-3-10-19(2)13-16(20)18-12-15-9-11-21-17(15)14-7-5-4-6-8-14/h4-8,15,17H,3,9-13H2,1-2H3,(H,18,20)/t15-,17-/m1/s1. The first-order valence-electron chi connectivity index (χ1n) is 7.82. The number of benzene rings is 1. The van der Waals surface area contributed by atoms with E-state index < -0.39 is 0 Å². The fraction of sp³-hybridized carbons (Fsp3) is 0.588. The maximum absolute atomic E-state index is 11.9. The Hall–Kier alpha value is -1.39. The molecular weight excluding hydrogens is 264 g/mol. The van der Waals surface area contributed by atoms with Crippen LogP contribution in [0.4, 0.5) is 0 Å². The summed E-state index contributed by atoms with van der Waals surface area (Å²) in [5, 5.41) is 3.05. The molecule has 21 heavy (non-hydrogen) atoms. The van der Waals surface area contributed by atoms with Crippen molar-refractivity contribution in [1.82, 2.24) is 10.2 Å². The Morgan fingerprint density at radius 3 is 2.86 bits per heavy atom. The van der Waals surface area contributed by atoms with Crippen LogP contribution in [-0.4, -0.2) is 44.1 Å². The molecular formula is C17H26N2O2. The number of carbonyl (C=O) groups excluding carboxylic acids is 1. The highest BCUT2D eigenvalue weighted by atomic mass is 16.5. The van der Waals surface area contributed by atoms with E-state index in [1.807, 2.05) is 25.2 Å². The second kappa shape index (κ2) is 8.15. The largest absolute Gasteiger partial charge is 0.373 e. The van der Waals surface area contributed by atoms with E-state index in [0.717, 1.165) is 26.0 Å². The molecule has 1 aliphatic heterocycles. The Bertz CT molecular complexity index is 436. The van der Waals surface area contributed by atoms with Gasteiger partial charge in [-0.3, -0.25) is 9.69 Å². The van der Waals surface area contributed by atoms with Crippen LogP contribution in [0.3, 0.4) is 0 Å². The predicted molar refractivity (Wildman–Crippen MR) is 84.0 cm³/mol. The normalized spacial score (nSPS) is 21.7. The van der Waals surface area contributed by atoms with Crippen molar-refractivity contribution in [3.05, 3.63) is 35.9 Å². The molecule has 0 spiro atoms. The van der Waals surface area contributed by atoms with Gasteiger partial charge in [-0.05, 0) is 32.0 Å². The summed E-state index contributed by atoms with van der Waals surface area (Å²) < 4.78 is 5.84. The van der Waals surface area contributed by atoms with Crippen LogP contribution in [0.5, 0.6) is 0 Å². The number of ether oxygens (including phenoxy) is 1. The Morgan fingerprint density at radius 1 is 1.38 bits per heavy atom. The highest BCUT2D eigenvalue weighted by Crippen LogP contribution is 2.33. The zero-order valence-corrected chi connectivity index (χ0v) is 13.0. The number of amides is 1. The molecule has 0 aliphatic carbocycles. The Kier molecular flexibility index (Phi) is 6.21. The molecule has 2 atom stereocenters. The third kappa shape index (κ3) is 4.83. The third-order valence-corrected chi connectivity index (χ3v) is 3.92. The molecule has 0 aromatic heterocycles. The van der Waals surface area contributed by atoms with Crippen molar-refractivity contribution in [1.29, 1.82) is 0 Å². The smallest absolute Gasteiger partial charge is 0.234 e. The van der Waals surface area contributed by atoms with Crippen molar-refractivity contribution in [3.8, 4) is 0 Å². The van der Waals surface area contributed by atoms with Gasteiger partial charge in [-0.2, -0.15) is 0 Å². The average Bonchev–Trinajstić information content (AvgIpc) is 2.94. The van der Waals surface area contributed by atoms with Gasteiger partial charge in [0.05, 0.1) is 12.6 Å². The lowest BCUT2D eigenvalue weighted by Crippen LogP contribution is -2.38. The average molecular weight is 290 g/mol. The predicted octanol–water partition coefficient (Wildman–Crippen LogP) is 2.22. The van der Waals surface area contributed by atoms with E-state index >= 15 is 0 Å². The van der Waals surface area contributed by atoms with E-state index in [2.05, 4.69) is 29.3 Å². The Balaban J connectivity index is 1.81. The molecule has 1 aromatic carbocycles. The molecule has 0 bridgehead atoms. The lowest BCUT2D eigenvalue weighted by atomic mass is 9.95. The highest BCUT2D eigenvalue weighted by Gasteiger charge is 2.29. The number of hydrogen-bond acceptors (Lipinski definition) is 3. The molecule has 1 aromatic rings. The number of carbonyl (C=O) groups is 1. The van der Waals surface area contributed by atoms with Gasteiger partial charge in [-0.1, -0.05) is 37.3 Å². The lowest BCUT2D eigenvalue weighted by Gasteiger charge is -2.20. The lowest BCUT2D eigenvalue weighted by molar-refractivity contribution is -0.122. The van der Waals surface area contributed by atoms with Crippen molar-refractivity contribution in [2.24, 2.45) is 5.92 Å². The summed E-state index contributed by atoms with van der Waals surface area (Å²) in [4.78, 5) is 14.0. The number of hydrogen-bond donors (Lipinski definition) is 1. The summed E-state index contributed by atoms with van der Waals surface area (Å²) in [6.07, 6.45) is 2.18. The fourth-order valence-corrected chi connectivity index (χ4v) is 2.86. The van der Waals surface area contributed by atoms with Crippen molar-refractivity contribution >= 4 is 5.91 Å². The molecule has 1 aliphatic rings. The van der Waals surface area contributed by atoms with Crippen LogP contribution in [0, 0.1) is 5.92 Å². The molecule has 1 heterocycles. The molecule has 0 radical (unpaired) electrons. The van der Waals surface area contributed by atoms with E-state index in [1.54, 1.807) is 0 Å². The highest BCUT2D eigenvalue weighted by molar-refractivity contribution is 5.77. The zero-order valence-electron chi connectivity index (χ0n) is 13.0. The van der Waals surface area contributed by atoms with Crippen LogP contribution in [-0.2, 0) is 9.53 Å². The minimum absolute atomic E-state index is 0.102. The third-order valence-electron chi connectivity index (χ3n) is 3.92. The molecule has 1 saturated heterocycles. The number of nitrogens with zero attached hydrogens (tertiary/aromatic N) is 1. The van der Waals surface area contributed by atoms with E-state index in [-0.39, 0.29) is 12.0 Å². The van der Waals surface area contributed by atoms with Crippen molar-refractivity contribution in [3.63, 3.8) is 0 Å². The second-order valence-electron chi connectivity index (χ2n) is 5.79.